The first kappa shape index (κ1) is 41.3. The van der Waals surface area contributed by atoms with Crippen molar-refractivity contribution >= 4 is 74.1 Å². The van der Waals surface area contributed by atoms with Crippen molar-refractivity contribution in [1.82, 2.24) is 19.3 Å². The highest BCUT2D eigenvalue weighted by atomic mass is 35.5. The molecule has 59 heavy (non-hydrogen) atoms. The molecule has 0 amide bonds. The monoisotopic (exact) mass is 866 g/mol. The van der Waals surface area contributed by atoms with E-state index in [1.54, 1.807) is 42.0 Å². The second-order valence-electron chi connectivity index (χ2n) is 14.5. The van der Waals surface area contributed by atoms with Gasteiger partial charge in [0.25, 0.3) is 0 Å². The molecule has 0 saturated heterocycles. The van der Waals surface area contributed by atoms with E-state index < -0.39 is 0 Å². The molecule has 8 rings (SSSR count). The third-order valence-corrected chi connectivity index (χ3v) is 14.4. The Balaban J connectivity index is 1.07. The lowest BCUT2D eigenvalue weighted by molar-refractivity contribution is 0.0514. The molecule has 0 saturated carbocycles. The number of benzene rings is 4. The summed E-state index contributed by atoms with van der Waals surface area (Å²) in [7, 11) is 3.62. The predicted molar refractivity (Wildman–Crippen MR) is 242 cm³/mol. The Morgan fingerprint density at radius 3 is 2.63 bits per heavy atom. The molecule has 0 radical (unpaired) electrons. The van der Waals surface area contributed by atoms with Crippen LogP contribution in [0.25, 0.3) is 32.8 Å². The van der Waals surface area contributed by atoms with Crippen molar-refractivity contribution in [2.24, 2.45) is 7.05 Å². The molecular formula is C46H47ClN4O5S3. The van der Waals surface area contributed by atoms with Crippen LogP contribution < -0.4 is 9.47 Å². The fourth-order valence-electron chi connectivity index (χ4n) is 8.03. The zero-order chi connectivity index (χ0) is 41.0. The molecule has 1 N–H and O–H groups in total. The number of fused-ring (bicyclic) bond motifs is 3. The Morgan fingerprint density at radius 2 is 1.85 bits per heavy atom. The number of aromatic nitrogens is 4. The van der Waals surface area contributed by atoms with E-state index in [1.165, 1.54) is 11.3 Å². The average Bonchev–Trinajstić information content (AvgIpc) is 4.01. The first-order valence-electron chi connectivity index (χ1n) is 19.9. The predicted octanol–water partition coefficient (Wildman–Crippen LogP) is 11.0. The summed E-state index contributed by atoms with van der Waals surface area (Å²) in [6.45, 7) is 5.37. The summed E-state index contributed by atoms with van der Waals surface area (Å²) in [4.78, 5) is 20.5. The minimum absolute atomic E-state index is 0.00496. The molecule has 4 heterocycles. The van der Waals surface area contributed by atoms with Gasteiger partial charge in [-0.2, -0.15) is 5.10 Å². The lowest BCUT2D eigenvalue weighted by Crippen LogP contribution is -2.13. The van der Waals surface area contributed by atoms with Crippen LogP contribution in [-0.4, -0.2) is 50.7 Å². The van der Waals surface area contributed by atoms with E-state index in [4.69, 9.17) is 30.9 Å². The van der Waals surface area contributed by atoms with Crippen LogP contribution >= 0.6 is 46.5 Å². The molecule has 1 aliphatic rings. The van der Waals surface area contributed by atoms with Crippen molar-refractivity contribution < 1.29 is 24.1 Å². The number of thiazole rings is 1. The number of nitrogens with zero attached hydrogens (tertiary/aromatic N) is 4. The summed E-state index contributed by atoms with van der Waals surface area (Å²) in [5.41, 5.74) is 8.57. The maximum atomic E-state index is 13.8. The summed E-state index contributed by atoms with van der Waals surface area (Å²) in [5, 5.41) is 19.6. The summed E-state index contributed by atoms with van der Waals surface area (Å²) in [6, 6.07) is 24.9. The first-order valence-corrected chi connectivity index (χ1v) is 23.2. The number of methoxy groups -OCH3 is 1. The van der Waals surface area contributed by atoms with E-state index >= 15 is 0 Å². The highest BCUT2D eigenvalue weighted by Gasteiger charge is 2.30. The number of halogens is 1. The molecule has 13 heteroatoms. The van der Waals surface area contributed by atoms with Gasteiger partial charge in [-0.3, -0.25) is 4.68 Å². The standard InChI is InChI=1S/C46H47ClN4O5S3/c1-5-55-46(53)45-34(12-9-21-56-39-23-32(22-30-10-6-7-11-33(30)39)58-25-29-14-16-31(54-4)17-15-29)35-18-19-36(47)42(44(35)50(45)3)43-37(49-51-20-8-13-38(43)51)26-57-27-41-48-28(2)40(24-52)59-41/h6-7,10-11,14-19,22-23,52H,5,8-9,12-13,20-21,24-27H2,1-4H3. The fourth-order valence-corrected chi connectivity index (χ4v) is 11.2. The number of hydrogen-bond acceptors (Lipinski definition) is 10. The number of thioether (sulfide) groups is 2. The van der Waals surface area contributed by atoms with Crippen LogP contribution in [0, 0.1) is 6.92 Å². The van der Waals surface area contributed by atoms with Gasteiger partial charge >= 0.3 is 5.97 Å². The minimum atomic E-state index is -0.353. The number of aliphatic hydroxyl groups excluding tert-OH is 1. The number of carbonyl (C=O) groups excluding carboxylic acids is 1. The third kappa shape index (κ3) is 8.61. The Bertz CT molecular complexity index is 2630. The van der Waals surface area contributed by atoms with Gasteiger partial charge in [-0.15, -0.1) is 34.9 Å². The highest BCUT2D eigenvalue weighted by Crippen LogP contribution is 2.44. The number of aliphatic hydroxyl groups is 1. The minimum Gasteiger partial charge on any atom is -0.497 e. The molecule has 9 nitrogen and oxygen atoms in total. The normalized spacial score (nSPS) is 12.4. The lowest BCUT2D eigenvalue weighted by Gasteiger charge is -2.13. The van der Waals surface area contributed by atoms with E-state index in [1.807, 2.05) is 55.8 Å². The van der Waals surface area contributed by atoms with Gasteiger partial charge in [-0.1, -0.05) is 54.1 Å². The molecule has 0 bridgehead atoms. The van der Waals surface area contributed by atoms with Gasteiger partial charge in [0.05, 0.1) is 53.7 Å². The molecular weight excluding hydrogens is 820 g/mol. The van der Waals surface area contributed by atoms with Crippen LogP contribution in [0.15, 0.2) is 77.7 Å². The van der Waals surface area contributed by atoms with Crippen molar-refractivity contribution in [3.63, 3.8) is 0 Å². The summed E-state index contributed by atoms with van der Waals surface area (Å²) >= 11 is 12.3. The van der Waals surface area contributed by atoms with Gasteiger partial charge in [0.2, 0.25) is 0 Å². The Labute approximate surface area is 362 Å². The van der Waals surface area contributed by atoms with Crippen molar-refractivity contribution in [3.05, 3.63) is 122 Å². The molecule has 306 valence electrons. The highest BCUT2D eigenvalue weighted by molar-refractivity contribution is 7.98. The van der Waals surface area contributed by atoms with Crippen molar-refractivity contribution in [1.29, 1.82) is 0 Å². The van der Waals surface area contributed by atoms with Gasteiger partial charge in [0.15, 0.2) is 0 Å². The van der Waals surface area contributed by atoms with Gasteiger partial charge in [-0.05, 0) is 86.4 Å². The molecule has 0 aliphatic carbocycles. The second kappa shape index (κ2) is 18.4. The van der Waals surface area contributed by atoms with Crippen LogP contribution in [0.4, 0.5) is 0 Å². The largest absolute Gasteiger partial charge is 0.497 e. The smallest absolute Gasteiger partial charge is 0.355 e. The molecule has 7 aromatic rings. The van der Waals surface area contributed by atoms with E-state index in [-0.39, 0.29) is 19.2 Å². The average molecular weight is 868 g/mol. The molecule has 0 spiro atoms. The van der Waals surface area contributed by atoms with Gasteiger partial charge in [0, 0.05) is 63.3 Å². The van der Waals surface area contributed by atoms with Gasteiger partial charge < -0.3 is 23.9 Å². The topological polar surface area (TPSA) is 101 Å². The zero-order valence-corrected chi connectivity index (χ0v) is 36.9. The van der Waals surface area contributed by atoms with Crippen LogP contribution in [0.5, 0.6) is 11.5 Å². The molecule has 4 aromatic carbocycles. The number of hydrogen-bond donors (Lipinski definition) is 1. The van der Waals surface area contributed by atoms with Crippen molar-refractivity contribution in [3.8, 4) is 22.6 Å². The van der Waals surface area contributed by atoms with E-state index in [2.05, 4.69) is 52.1 Å². The van der Waals surface area contributed by atoms with Crippen LogP contribution in [0.1, 0.15) is 68.3 Å². The molecule has 0 fully saturated rings. The maximum absolute atomic E-state index is 13.8. The number of esters is 1. The fraction of sp³-hybridized carbons (Fsp3) is 0.326. The van der Waals surface area contributed by atoms with E-state index in [0.29, 0.717) is 35.9 Å². The Morgan fingerprint density at radius 1 is 1.02 bits per heavy atom. The number of rotatable bonds is 17. The second-order valence-corrected chi connectivity index (χ2v) is 18.1. The number of ether oxygens (including phenoxy) is 3. The quantitative estimate of drug-likeness (QED) is 0.0545. The van der Waals surface area contributed by atoms with Crippen LogP contribution in [0.3, 0.4) is 0 Å². The van der Waals surface area contributed by atoms with Gasteiger partial charge in [0.1, 0.15) is 22.2 Å². The number of aryl methyl sites for hydroxylation is 4. The van der Waals surface area contributed by atoms with Crippen molar-refractivity contribution in [2.75, 3.05) is 20.3 Å². The van der Waals surface area contributed by atoms with Gasteiger partial charge in [-0.25, -0.2) is 9.78 Å². The van der Waals surface area contributed by atoms with Crippen LogP contribution in [0.2, 0.25) is 5.02 Å². The first-order chi connectivity index (χ1) is 28.8. The maximum Gasteiger partial charge on any atom is 0.355 e. The van der Waals surface area contributed by atoms with Crippen LogP contribution in [-0.2, 0) is 55.0 Å². The van der Waals surface area contributed by atoms with E-state index in [9.17, 15) is 9.90 Å². The SMILES string of the molecule is CCOC(=O)c1c(CCCOc2cc(SCc3ccc(OC)cc3)cc3ccccc23)c2ccc(Cl)c(-c3c(CSCc4nc(C)c(CO)s4)nn4c3CCC4)c2n1C. The summed E-state index contributed by atoms with van der Waals surface area (Å²) < 4.78 is 21.7. The molecule has 3 aromatic heterocycles. The molecule has 0 atom stereocenters. The van der Waals surface area contributed by atoms with Crippen molar-refractivity contribution in [2.45, 2.75) is 74.8 Å². The number of carbonyl (C=O) groups is 1. The third-order valence-electron chi connectivity index (χ3n) is 10.8. The lowest BCUT2D eigenvalue weighted by atomic mass is 9.97. The molecule has 1 aliphatic heterocycles. The summed E-state index contributed by atoms with van der Waals surface area (Å²) in [5.74, 6) is 3.56. The Hall–Kier alpha value is -4.46. The molecule has 0 unspecified atom stereocenters. The zero-order valence-electron chi connectivity index (χ0n) is 33.7. The summed E-state index contributed by atoms with van der Waals surface area (Å²) in [6.07, 6.45) is 3.21. The Kier molecular flexibility index (Phi) is 12.9. The van der Waals surface area contributed by atoms with E-state index in [0.717, 1.165) is 107 Å².